The van der Waals surface area contributed by atoms with Gasteiger partial charge in [0.25, 0.3) is 0 Å². The summed E-state index contributed by atoms with van der Waals surface area (Å²) in [6.45, 7) is 1.69. The average Bonchev–Trinajstić information content (AvgIpc) is 2.05. The Hall–Kier alpha value is -1.03. The van der Waals surface area contributed by atoms with Gasteiger partial charge in [-0.05, 0) is 19.2 Å². The standard InChI is InChI=1S/C8H9NO2S/c1-5-7(8(10)11)3-6(12-2)4-9-5/h3-4H,1-2H3,(H,10,11). The molecule has 0 aliphatic rings. The van der Waals surface area contributed by atoms with Gasteiger partial charge in [-0.1, -0.05) is 0 Å². The minimum Gasteiger partial charge on any atom is -0.478 e. The Bertz CT molecular complexity index is 312. The second-order valence-electron chi connectivity index (χ2n) is 2.31. The number of aromatic nitrogens is 1. The minimum absolute atomic E-state index is 0.279. The first-order chi connectivity index (χ1) is 5.65. The summed E-state index contributed by atoms with van der Waals surface area (Å²) in [7, 11) is 0. The second kappa shape index (κ2) is 3.58. The summed E-state index contributed by atoms with van der Waals surface area (Å²) in [6, 6.07) is 1.63. The van der Waals surface area contributed by atoms with Gasteiger partial charge in [0.1, 0.15) is 0 Å². The highest BCUT2D eigenvalue weighted by atomic mass is 32.2. The molecule has 0 amide bonds. The third-order valence-electron chi connectivity index (χ3n) is 1.53. The van der Waals surface area contributed by atoms with E-state index < -0.39 is 5.97 Å². The van der Waals surface area contributed by atoms with Gasteiger partial charge in [0.05, 0.1) is 11.3 Å². The number of carboxylic acids is 1. The maximum absolute atomic E-state index is 10.6. The molecule has 1 N–H and O–H groups in total. The van der Waals surface area contributed by atoms with Crippen LogP contribution in [-0.2, 0) is 0 Å². The van der Waals surface area contributed by atoms with Gasteiger partial charge in [-0.25, -0.2) is 4.79 Å². The molecule has 0 radical (unpaired) electrons. The van der Waals surface area contributed by atoms with Crippen LogP contribution in [0.4, 0.5) is 0 Å². The molecule has 1 aromatic heterocycles. The van der Waals surface area contributed by atoms with Crippen LogP contribution < -0.4 is 0 Å². The van der Waals surface area contributed by atoms with Crippen LogP contribution in [0.25, 0.3) is 0 Å². The smallest absolute Gasteiger partial charge is 0.337 e. The second-order valence-corrected chi connectivity index (χ2v) is 3.19. The molecule has 0 unspecified atom stereocenters. The van der Waals surface area contributed by atoms with Crippen molar-refractivity contribution < 1.29 is 9.90 Å². The molecule has 1 heterocycles. The molecule has 0 bridgehead atoms. The van der Waals surface area contributed by atoms with Crippen molar-refractivity contribution in [2.45, 2.75) is 11.8 Å². The Morgan fingerprint density at radius 3 is 2.83 bits per heavy atom. The molecule has 0 atom stereocenters. The Balaban J connectivity index is 3.17. The van der Waals surface area contributed by atoms with Gasteiger partial charge in [-0.15, -0.1) is 11.8 Å². The van der Waals surface area contributed by atoms with E-state index in [0.717, 1.165) is 4.90 Å². The molecule has 0 saturated carbocycles. The van der Waals surface area contributed by atoms with Crippen molar-refractivity contribution in [3.63, 3.8) is 0 Å². The fourth-order valence-electron chi connectivity index (χ4n) is 0.842. The zero-order valence-corrected chi connectivity index (χ0v) is 7.68. The molecule has 0 aliphatic carbocycles. The van der Waals surface area contributed by atoms with Crippen LogP contribution >= 0.6 is 11.8 Å². The van der Waals surface area contributed by atoms with E-state index in [2.05, 4.69) is 4.98 Å². The highest BCUT2D eigenvalue weighted by Crippen LogP contribution is 2.16. The van der Waals surface area contributed by atoms with E-state index >= 15 is 0 Å². The van der Waals surface area contributed by atoms with Gasteiger partial charge in [-0.2, -0.15) is 0 Å². The van der Waals surface area contributed by atoms with Crippen LogP contribution in [0.3, 0.4) is 0 Å². The van der Waals surface area contributed by atoms with Crippen molar-refractivity contribution >= 4 is 17.7 Å². The number of hydrogen-bond donors (Lipinski definition) is 1. The molecular formula is C8H9NO2S. The van der Waals surface area contributed by atoms with Crippen LogP contribution in [0, 0.1) is 6.92 Å². The van der Waals surface area contributed by atoms with Crippen molar-refractivity contribution in [1.82, 2.24) is 4.98 Å². The van der Waals surface area contributed by atoms with Gasteiger partial charge in [0.2, 0.25) is 0 Å². The molecule has 0 fully saturated rings. The molecule has 64 valence electrons. The topological polar surface area (TPSA) is 50.2 Å². The van der Waals surface area contributed by atoms with E-state index in [1.165, 1.54) is 11.8 Å². The predicted molar refractivity (Wildman–Crippen MR) is 47.7 cm³/mol. The van der Waals surface area contributed by atoms with Crippen LogP contribution in [0.1, 0.15) is 16.1 Å². The number of carboxylic acid groups (broad SMARTS) is 1. The molecule has 4 heteroatoms. The summed E-state index contributed by atoms with van der Waals surface area (Å²) in [5, 5.41) is 8.74. The van der Waals surface area contributed by atoms with E-state index in [9.17, 15) is 4.79 Å². The first-order valence-electron chi connectivity index (χ1n) is 3.39. The summed E-state index contributed by atoms with van der Waals surface area (Å²) >= 11 is 1.48. The third-order valence-corrected chi connectivity index (χ3v) is 2.22. The third kappa shape index (κ3) is 1.76. The van der Waals surface area contributed by atoms with Crippen LogP contribution in [0.5, 0.6) is 0 Å². The lowest BCUT2D eigenvalue weighted by Gasteiger charge is -2.01. The Morgan fingerprint density at radius 1 is 1.67 bits per heavy atom. The number of aryl methyl sites for hydroxylation is 1. The van der Waals surface area contributed by atoms with Gasteiger partial charge in [-0.3, -0.25) is 4.98 Å². The number of aromatic carboxylic acids is 1. The summed E-state index contributed by atoms with van der Waals surface area (Å²) in [5.41, 5.74) is 0.835. The Morgan fingerprint density at radius 2 is 2.33 bits per heavy atom. The summed E-state index contributed by atoms with van der Waals surface area (Å²) in [6.07, 6.45) is 3.56. The van der Waals surface area contributed by atoms with Crippen LogP contribution in [-0.4, -0.2) is 22.3 Å². The molecular weight excluding hydrogens is 174 g/mol. The maximum atomic E-state index is 10.6. The number of pyridine rings is 1. The SMILES string of the molecule is CSc1cnc(C)c(C(=O)O)c1. The van der Waals surface area contributed by atoms with E-state index in [4.69, 9.17) is 5.11 Å². The van der Waals surface area contributed by atoms with E-state index in [-0.39, 0.29) is 5.56 Å². The van der Waals surface area contributed by atoms with Crippen molar-refractivity contribution in [2.75, 3.05) is 6.26 Å². The maximum Gasteiger partial charge on any atom is 0.337 e. The molecule has 1 aromatic rings. The first kappa shape index (κ1) is 9.06. The summed E-state index contributed by atoms with van der Waals surface area (Å²) in [5.74, 6) is -0.920. The number of thioether (sulfide) groups is 1. The summed E-state index contributed by atoms with van der Waals surface area (Å²) < 4.78 is 0. The molecule has 0 saturated heterocycles. The van der Waals surface area contributed by atoms with Crippen molar-refractivity contribution in [2.24, 2.45) is 0 Å². The van der Waals surface area contributed by atoms with E-state index in [1.54, 1.807) is 19.2 Å². The first-order valence-corrected chi connectivity index (χ1v) is 4.61. The van der Waals surface area contributed by atoms with Gasteiger partial charge < -0.3 is 5.11 Å². The summed E-state index contributed by atoms with van der Waals surface area (Å²) in [4.78, 5) is 15.5. The number of nitrogens with zero attached hydrogens (tertiary/aromatic N) is 1. The Kier molecular flexibility index (Phi) is 2.70. The average molecular weight is 183 g/mol. The van der Waals surface area contributed by atoms with Gasteiger partial charge >= 0.3 is 5.97 Å². The van der Waals surface area contributed by atoms with Crippen molar-refractivity contribution in [3.8, 4) is 0 Å². The largest absolute Gasteiger partial charge is 0.478 e. The van der Waals surface area contributed by atoms with Gasteiger partial charge in [0, 0.05) is 11.1 Å². The normalized spacial score (nSPS) is 9.83. The van der Waals surface area contributed by atoms with Crippen molar-refractivity contribution in [3.05, 3.63) is 23.5 Å². The lowest BCUT2D eigenvalue weighted by Crippen LogP contribution is -2.01. The molecule has 12 heavy (non-hydrogen) atoms. The highest BCUT2D eigenvalue weighted by molar-refractivity contribution is 7.98. The van der Waals surface area contributed by atoms with Crippen LogP contribution in [0.15, 0.2) is 17.2 Å². The highest BCUT2D eigenvalue weighted by Gasteiger charge is 2.07. The molecule has 0 aliphatic heterocycles. The molecule has 1 rings (SSSR count). The lowest BCUT2D eigenvalue weighted by molar-refractivity contribution is 0.0695. The molecule has 0 aromatic carbocycles. The number of carbonyl (C=O) groups is 1. The van der Waals surface area contributed by atoms with E-state index in [1.807, 2.05) is 6.26 Å². The quantitative estimate of drug-likeness (QED) is 0.710. The fraction of sp³-hybridized carbons (Fsp3) is 0.250. The zero-order chi connectivity index (χ0) is 9.14. The molecule has 3 nitrogen and oxygen atoms in total. The van der Waals surface area contributed by atoms with Crippen molar-refractivity contribution in [1.29, 1.82) is 0 Å². The number of hydrogen-bond acceptors (Lipinski definition) is 3. The monoisotopic (exact) mass is 183 g/mol. The van der Waals surface area contributed by atoms with Gasteiger partial charge in [0.15, 0.2) is 0 Å². The van der Waals surface area contributed by atoms with Crippen LogP contribution in [0.2, 0.25) is 0 Å². The number of rotatable bonds is 2. The van der Waals surface area contributed by atoms with E-state index in [0.29, 0.717) is 5.69 Å². The predicted octanol–water partition coefficient (Wildman–Crippen LogP) is 1.81. The lowest BCUT2D eigenvalue weighted by atomic mass is 10.2. The minimum atomic E-state index is -0.920. The fourth-order valence-corrected chi connectivity index (χ4v) is 1.24. The molecule has 0 spiro atoms. The Labute approximate surface area is 74.8 Å². The zero-order valence-electron chi connectivity index (χ0n) is 6.87.